The monoisotopic (exact) mass is 314 g/mol. The number of unbranched alkanes of at least 4 members (excludes halogenated alkanes) is 2. The molecular formula is C14H26N4O2S. The fraction of sp³-hybridized carbons (Fsp3) is 0.857. The highest BCUT2D eigenvalue weighted by molar-refractivity contribution is 8.00. The van der Waals surface area contributed by atoms with Crippen molar-refractivity contribution in [3.05, 3.63) is 0 Å². The molecule has 21 heavy (non-hydrogen) atoms. The molecule has 2 saturated heterocycles. The molecule has 3 amide bonds. The third-order valence-electron chi connectivity index (χ3n) is 4.03. The van der Waals surface area contributed by atoms with Crippen molar-refractivity contribution >= 4 is 23.7 Å². The third-order valence-corrected chi connectivity index (χ3v) is 5.54. The Labute approximate surface area is 130 Å². The number of hydrogen-bond donors (Lipinski definition) is 4. The van der Waals surface area contributed by atoms with E-state index in [2.05, 4.69) is 16.0 Å². The molecule has 2 heterocycles. The Balaban J connectivity index is 1.52. The van der Waals surface area contributed by atoms with Crippen molar-refractivity contribution < 1.29 is 9.59 Å². The van der Waals surface area contributed by atoms with Gasteiger partial charge in [0.1, 0.15) is 0 Å². The van der Waals surface area contributed by atoms with E-state index in [1.54, 1.807) is 0 Å². The van der Waals surface area contributed by atoms with Gasteiger partial charge in [-0.25, -0.2) is 4.79 Å². The number of urea groups is 1. The van der Waals surface area contributed by atoms with E-state index < -0.39 is 0 Å². The highest BCUT2D eigenvalue weighted by Crippen LogP contribution is 2.33. The second-order valence-electron chi connectivity index (χ2n) is 5.71. The zero-order valence-corrected chi connectivity index (χ0v) is 13.2. The average molecular weight is 314 g/mol. The van der Waals surface area contributed by atoms with Gasteiger partial charge in [0.25, 0.3) is 0 Å². The first-order chi connectivity index (χ1) is 10.2. The van der Waals surface area contributed by atoms with Crippen molar-refractivity contribution in [3.8, 4) is 0 Å². The smallest absolute Gasteiger partial charge is 0.315 e. The Morgan fingerprint density at radius 2 is 2.14 bits per heavy atom. The van der Waals surface area contributed by atoms with Crippen LogP contribution in [0, 0.1) is 0 Å². The van der Waals surface area contributed by atoms with Crippen LogP contribution in [0.5, 0.6) is 0 Å². The summed E-state index contributed by atoms with van der Waals surface area (Å²) >= 11 is 1.93. The van der Waals surface area contributed by atoms with Crippen molar-refractivity contribution in [1.29, 1.82) is 0 Å². The van der Waals surface area contributed by atoms with E-state index in [0.717, 1.165) is 44.4 Å². The molecule has 2 aliphatic heterocycles. The van der Waals surface area contributed by atoms with Gasteiger partial charge in [-0.3, -0.25) is 4.79 Å². The summed E-state index contributed by atoms with van der Waals surface area (Å²) in [5.74, 6) is 1.13. The molecule has 2 fully saturated rings. The molecule has 0 unspecified atom stereocenters. The lowest BCUT2D eigenvalue weighted by Gasteiger charge is -2.16. The lowest BCUT2D eigenvalue weighted by Crippen LogP contribution is -2.36. The zero-order chi connectivity index (χ0) is 15.1. The van der Waals surface area contributed by atoms with Gasteiger partial charge in [0.15, 0.2) is 0 Å². The summed E-state index contributed by atoms with van der Waals surface area (Å²) in [6.07, 6.45) is 5.52. The molecule has 3 atom stereocenters. The number of hydrogen-bond acceptors (Lipinski definition) is 4. The predicted octanol–water partition coefficient (Wildman–Crippen LogP) is 0.567. The number of rotatable bonds is 9. The molecule has 120 valence electrons. The number of fused-ring (bicyclic) bond motifs is 1. The van der Waals surface area contributed by atoms with Gasteiger partial charge in [-0.2, -0.15) is 11.8 Å². The van der Waals surface area contributed by atoms with E-state index in [1.807, 2.05) is 11.8 Å². The van der Waals surface area contributed by atoms with Crippen LogP contribution in [0.4, 0.5) is 4.79 Å². The van der Waals surface area contributed by atoms with Gasteiger partial charge < -0.3 is 21.7 Å². The predicted molar refractivity (Wildman–Crippen MR) is 85.3 cm³/mol. The Kier molecular flexibility index (Phi) is 6.63. The van der Waals surface area contributed by atoms with Crippen LogP contribution in [0.3, 0.4) is 0 Å². The molecule has 6 nitrogen and oxygen atoms in total. The molecule has 0 aromatic carbocycles. The lowest BCUT2D eigenvalue weighted by atomic mass is 10.0. The number of nitrogens with two attached hydrogens (primary N) is 1. The third kappa shape index (κ3) is 5.07. The molecule has 0 aromatic heterocycles. The first kappa shape index (κ1) is 16.4. The van der Waals surface area contributed by atoms with E-state index in [0.29, 0.717) is 24.3 Å². The van der Waals surface area contributed by atoms with Gasteiger partial charge in [-0.05, 0) is 32.2 Å². The fourth-order valence-corrected chi connectivity index (χ4v) is 4.40. The van der Waals surface area contributed by atoms with E-state index in [9.17, 15) is 9.59 Å². The van der Waals surface area contributed by atoms with Gasteiger partial charge >= 0.3 is 6.03 Å². The largest absolute Gasteiger partial charge is 0.356 e. The minimum Gasteiger partial charge on any atom is -0.356 e. The topological polar surface area (TPSA) is 96.2 Å². The van der Waals surface area contributed by atoms with Crippen LogP contribution in [0.25, 0.3) is 0 Å². The molecule has 0 aromatic rings. The Bertz CT molecular complexity index is 367. The molecule has 2 rings (SSSR count). The summed E-state index contributed by atoms with van der Waals surface area (Å²) < 4.78 is 0. The second-order valence-corrected chi connectivity index (χ2v) is 6.99. The lowest BCUT2D eigenvalue weighted by molar-refractivity contribution is -0.121. The molecule has 0 saturated carbocycles. The number of thioether (sulfide) groups is 1. The fourth-order valence-electron chi connectivity index (χ4n) is 2.86. The quantitative estimate of drug-likeness (QED) is 0.369. The minimum atomic E-state index is -0.0350. The van der Waals surface area contributed by atoms with Gasteiger partial charge in [0.2, 0.25) is 5.91 Å². The summed E-state index contributed by atoms with van der Waals surface area (Å²) in [4.78, 5) is 22.9. The number of carbonyl (C=O) groups excluding carboxylic acids is 2. The molecule has 2 aliphatic rings. The normalized spacial score (nSPS) is 27.1. The van der Waals surface area contributed by atoms with Crippen LogP contribution < -0.4 is 21.7 Å². The van der Waals surface area contributed by atoms with E-state index >= 15 is 0 Å². The maximum atomic E-state index is 11.6. The maximum Gasteiger partial charge on any atom is 0.315 e. The van der Waals surface area contributed by atoms with Crippen LogP contribution in [0.1, 0.15) is 38.5 Å². The van der Waals surface area contributed by atoms with Crippen LogP contribution in [-0.2, 0) is 4.79 Å². The van der Waals surface area contributed by atoms with Crippen LogP contribution in [0.15, 0.2) is 0 Å². The summed E-state index contributed by atoms with van der Waals surface area (Å²) in [7, 11) is 0. The zero-order valence-electron chi connectivity index (χ0n) is 12.4. The van der Waals surface area contributed by atoms with Gasteiger partial charge in [0.05, 0.1) is 12.1 Å². The van der Waals surface area contributed by atoms with Gasteiger partial charge in [0, 0.05) is 24.0 Å². The first-order valence-corrected chi connectivity index (χ1v) is 8.91. The number of amides is 3. The minimum absolute atomic E-state index is 0.0350. The summed E-state index contributed by atoms with van der Waals surface area (Å²) in [5, 5.41) is 9.35. The van der Waals surface area contributed by atoms with Crippen molar-refractivity contribution in [2.24, 2.45) is 5.73 Å². The summed E-state index contributed by atoms with van der Waals surface area (Å²) in [6, 6.07) is 0.526. The molecule has 0 spiro atoms. The Hall–Kier alpha value is -0.950. The van der Waals surface area contributed by atoms with Crippen LogP contribution in [-0.4, -0.2) is 48.1 Å². The molecule has 7 heteroatoms. The van der Waals surface area contributed by atoms with Gasteiger partial charge in [-0.1, -0.05) is 6.42 Å². The Morgan fingerprint density at radius 1 is 1.29 bits per heavy atom. The van der Waals surface area contributed by atoms with E-state index in [4.69, 9.17) is 5.73 Å². The van der Waals surface area contributed by atoms with Crippen molar-refractivity contribution in [1.82, 2.24) is 16.0 Å². The standard InChI is InChI=1S/C14H26N4O2S/c15-7-3-4-8-16-12(19)6-2-1-5-11-13-10(9-21-11)17-14(20)18-13/h10-11,13H,1-9,15H2,(H,16,19)(H2,17,18,20)/t10-,11-,13+/m0/s1. The van der Waals surface area contributed by atoms with Crippen LogP contribution >= 0.6 is 11.8 Å². The molecule has 0 bridgehead atoms. The summed E-state index contributed by atoms with van der Waals surface area (Å²) in [5.41, 5.74) is 5.40. The SMILES string of the molecule is NCCCCNC(=O)CCCC[C@@H]1SC[C@@H]2NC(=O)N[C@H]21. The number of nitrogens with one attached hydrogen (secondary N) is 3. The Morgan fingerprint density at radius 3 is 2.95 bits per heavy atom. The van der Waals surface area contributed by atoms with Crippen LogP contribution in [0.2, 0.25) is 0 Å². The van der Waals surface area contributed by atoms with Crippen molar-refractivity contribution in [3.63, 3.8) is 0 Å². The highest BCUT2D eigenvalue weighted by atomic mass is 32.2. The van der Waals surface area contributed by atoms with Gasteiger partial charge in [-0.15, -0.1) is 0 Å². The highest BCUT2D eigenvalue weighted by Gasteiger charge is 2.42. The average Bonchev–Trinajstić information content (AvgIpc) is 2.99. The summed E-state index contributed by atoms with van der Waals surface area (Å²) in [6.45, 7) is 1.42. The second kappa shape index (κ2) is 8.48. The molecule has 5 N–H and O–H groups in total. The van der Waals surface area contributed by atoms with E-state index in [1.165, 1.54) is 0 Å². The van der Waals surface area contributed by atoms with Crippen molar-refractivity contribution in [2.45, 2.75) is 55.9 Å². The maximum absolute atomic E-state index is 11.6. The first-order valence-electron chi connectivity index (χ1n) is 7.86. The van der Waals surface area contributed by atoms with E-state index in [-0.39, 0.29) is 18.0 Å². The molecular weight excluding hydrogens is 288 g/mol. The molecule has 0 aliphatic carbocycles. The van der Waals surface area contributed by atoms with Crippen molar-refractivity contribution in [2.75, 3.05) is 18.8 Å². The molecule has 0 radical (unpaired) electrons. The number of carbonyl (C=O) groups is 2.